The number of aryl methyl sites for hydroxylation is 2. The van der Waals surface area contributed by atoms with Gasteiger partial charge in [0.05, 0.1) is 53.0 Å². The predicted molar refractivity (Wildman–Crippen MR) is 313 cm³/mol. The third-order valence-corrected chi connectivity index (χ3v) is 20.2. The quantitative estimate of drug-likeness (QED) is 0.107. The topological polar surface area (TPSA) is 168 Å². The second kappa shape index (κ2) is 24.7. The van der Waals surface area contributed by atoms with E-state index in [1.165, 1.54) is 19.7 Å². The maximum atomic E-state index is 14.4. The van der Waals surface area contributed by atoms with E-state index in [0.29, 0.717) is 25.9 Å². The van der Waals surface area contributed by atoms with Gasteiger partial charge in [-0.2, -0.15) is 8.61 Å². The Labute approximate surface area is 487 Å². The Morgan fingerprint density at radius 2 is 1.14 bits per heavy atom. The molecule has 0 bridgehead atoms. The molecule has 2 aliphatic carbocycles. The van der Waals surface area contributed by atoms with Crippen LogP contribution >= 0.6 is 31.9 Å². The van der Waals surface area contributed by atoms with E-state index in [0.717, 1.165) is 92.8 Å². The average molecular weight is 1250 g/mol. The fourth-order valence-corrected chi connectivity index (χ4v) is 15.2. The lowest BCUT2D eigenvalue weighted by Gasteiger charge is -2.42. The third kappa shape index (κ3) is 13.0. The Morgan fingerprint density at radius 1 is 0.625 bits per heavy atom. The molecule has 418 valence electrons. The summed E-state index contributed by atoms with van der Waals surface area (Å²) >= 11 is 6.78. The van der Waals surface area contributed by atoms with Crippen molar-refractivity contribution in [2.24, 2.45) is 0 Å². The largest absolute Gasteiger partial charge is 0.497 e. The number of nitrogens with zero attached hydrogens (tertiary/aromatic N) is 8. The first-order valence-corrected chi connectivity index (χ1v) is 31.6. The molecule has 11 rings (SSSR count). The number of fused-ring (bicyclic) bond motifs is 4. The van der Waals surface area contributed by atoms with E-state index in [2.05, 4.69) is 76.0 Å². The van der Waals surface area contributed by atoms with Crippen molar-refractivity contribution in [2.75, 3.05) is 20.2 Å². The van der Waals surface area contributed by atoms with Gasteiger partial charge in [0.1, 0.15) is 11.4 Å². The molecule has 0 radical (unpaired) electrons. The molecule has 4 aromatic heterocycles. The molecule has 2 aliphatic heterocycles. The summed E-state index contributed by atoms with van der Waals surface area (Å²) in [5, 5.41) is 0. The smallest absolute Gasteiger partial charge is 0.410 e. The van der Waals surface area contributed by atoms with Crippen molar-refractivity contribution in [2.45, 2.75) is 131 Å². The number of aromatic nitrogens is 4. The first kappa shape index (κ1) is 57.3. The molecule has 80 heavy (non-hydrogen) atoms. The minimum Gasteiger partial charge on any atom is -0.497 e. The van der Waals surface area contributed by atoms with Gasteiger partial charge in [0.15, 0.2) is 0 Å². The molecule has 6 heterocycles. The summed E-state index contributed by atoms with van der Waals surface area (Å²) in [7, 11) is -6.35. The number of halogens is 2. The van der Waals surface area contributed by atoms with Crippen molar-refractivity contribution in [1.29, 1.82) is 0 Å². The molecule has 0 saturated heterocycles. The van der Waals surface area contributed by atoms with E-state index in [4.69, 9.17) is 14.5 Å². The van der Waals surface area contributed by atoms with Crippen molar-refractivity contribution in [3.05, 3.63) is 206 Å². The molecule has 0 fully saturated rings. The van der Waals surface area contributed by atoms with Gasteiger partial charge in [0.2, 0.25) is 20.0 Å². The van der Waals surface area contributed by atoms with Gasteiger partial charge >= 0.3 is 6.09 Å². The van der Waals surface area contributed by atoms with Crippen LogP contribution in [0.2, 0.25) is 0 Å². The Morgan fingerprint density at radius 3 is 1.71 bits per heavy atom. The summed E-state index contributed by atoms with van der Waals surface area (Å²) in [6.45, 7) is 7.74. The van der Waals surface area contributed by atoms with Crippen molar-refractivity contribution < 1.29 is 31.1 Å². The van der Waals surface area contributed by atoms with E-state index >= 15 is 0 Å². The molecular weight excluding hydrogens is 1180 g/mol. The number of ether oxygens (including phenoxy) is 2. The van der Waals surface area contributed by atoms with Gasteiger partial charge in [-0.25, -0.2) is 21.6 Å². The predicted octanol–water partition coefficient (Wildman–Crippen LogP) is 11.6. The van der Waals surface area contributed by atoms with E-state index in [1.807, 2.05) is 80.5 Å². The molecule has 3 aromatic carbocycles. The Balaban J connectivity index is 0.000000181. The van der Waals surface area contributed by atoms with Crippen molar-refractivity contribution in [3.63, 3.8) is 0 Å². The van der Waals surface area contributed by atoms with Crippen LogP contribution in [0.5, 0.6) is 5.75 Å². The van der Waals surface area contributed by atoms with Gasteiger partial charge in [0, 0.05) is 90.2 Å². The van der Waals surface area contributed by atoms with Crippen LogP contribution in [0, 0.1) is 0 Å². The molecule has 0 spiro atoms. The summed E-state index contributed by atoms with van der Waals surface area (Å²) in [5.74, 6) is 0.844. The highest BCUT2D eigenvalue weighted by Crippen LogP contribution is 2.40. The average Bonchev–Trinajstić information content (AvgIpc) is 3.56. The van der Waals surface area contributed by atoms with E-state index in [9.17, 15) is 21.6 Å². The minimum atomic E-state index is -4.05. The lowest BCUT2D eigenvalue weighted by atomic mass is 9.89. The van der Waals surface area contributed by atoms with Crippen LogP contribution in [0.25, 0.3) is 0 Å². The lowest BCUT2D eigenvalue weighted by molar-refractivity contribution is 0.00372. The highest BCUT2D eigenvalue weighted by atomic mass is 79.9. The zero-order valence-electron chi connectivity index (χ0n) is 45.4. The van der Waals surface area contributed by atoms with Crippen LogP contribution in [0.3, 0.4) is 0 Å². The van der Waals surface area contributed by atoms with Gasteiger partial charge in [-0.15, -0.1) is 0 Å². The fraction of sp³-hybridized carbons (Fsp3) is 0.361. The van der Waals surface area contributed by atoms with Gasteiger partial charge in [-0.05, 0) is 172 Å². The standard InChI is InChI=1S/C31H38N4O3.C30H28Br2N4O4S2/c1-31(2,3)38-30(36)35-20-24-10-7-16-32-27(24)18-25(35)21-34(19-22-12-14-26(37-4)15-13-22)28-11-5-8-23-9-6-17-33-29(23)28;31-23-8-12-26(13-9-23)41(37,38)35-19-22-6-3-16-33-28(22)18-25(35)20-36(42(39,40)27-14-10-24(32)11-15-27)29-7-1-4-21-5-2-17-34-30(21)29/h6-7,9-10,12-17,25,28H,5,8,11,18-21H2,1-4H3;2-3,5-6,8-17,25,29H,1,4,7,18-20H2/t25-,28+;25-,29+/m11/s1. The van der Waals surface area contributed by atoms with Crippen LogP contribution in [0.1, 0.15) is 109 Å². The van der Waals surface area contributed by atoms with E-state index < -0.39 is 37.7 Å². The maximum absolute atomic E-state index is 14.4. The van der Waals surface area contributed by atoms with Crippen LogP contribution in [0.15, 0.2) is 165 Å². The molecular formula is C61H66Br2N8O7S2. The molecule has 0 N–H and O–H groups in total. The second-order valence-electron chi connectivity index (χ2n) is 21.8. The molecule has 0 saturated carbocycles. The normalized spacial score (nSPS) is 19.2. The molecule has 0 unspecified atom stereocenters. The Bertz CT molecular complexity index is 3540. The van der Waals surface area contributed by atoms with Crippen LogP contribution in [-0.4, -0.2) is 99.2 Å². The summed E-state index contributed by atoms with van der Waals surface area (Å²) in [4.78, 5) is 36.8. The first-order chi connectivity index (χ1) is 38.4. The third-order valence-electron chi connectivity index (χ3n) is 15.3. The van der Waals surface area contributed by atoms with Gasteiger partial charge in [-0.3, -0.25) is 29.7 Å². The molecule has 4 atom stereocenters. The van der Waals surface area contributed by atoms with Crippen LogP contribution in [-0.2, 0) is 70.1 Å². The van der Waals surface area contributed by atoms with Crippen LogP contribution < -0.4 is 4.74 Å². The number of rotatable bonds is 13. The highest BCUT2D eigenvalue weighted by Gasteiger charge is 2.43. The summed E-state index contributed by atoms with van der Waals surface area (Å²) in [6, 6.07) is 35.9. The summed E-state index contributed by atoms with van der Waals surface area (Å²) < 4.78 is 72.8. The second-order valence-corrected chi connectivity index (χ2v) is 27.4. The van der Waals surface area contributed by atoms with Crippen molar-refractivity contribution >= 4 is 58.0 Å². The van der Waals surface area contributed by atoms with E-state index in [-0.39, 0.29) is 47.5 Å². The summed E-state index contributed by atoms with van der Waals surface area (Å²) in [6.07, 6.45) is 13.2. The Hall–Kier alpha value is -5.93. The maximum Gasteiger partial charge on any atom is 0.410 e. The minimum absolute atomic E-state index is 0.0507. The number of sulfonamides is 2. The lowest BCUT2D eigenvalue weighted by Crippen LogP contribution is -2.52. The van der Waals surface area contributed by atoms with Gasteiger partial charge in [-0.1, -0.05) is 68.3 Å². The Kier molecular flexibility index (Phi) is 17.7. The number of hydrogen-bond donors (Lipinski definition) is 0. The van der Waals surface area contributed by atoms with Gasteiger partial charge < -0.3 is 9.47 Å². The molecule has 4 aliphatic rings. The number of amides is 1. The van der Waals surface area contributed by atoms with E-state index in [1.54, 1.807) is 74.1 Å². The number of pyridine rings is 4. The van der Waals surface area contributed by atoms with Gasteiger partial charge in [0.25, 0.3) is 0 Å². The number of carbonyl (C=O) groups is 1. The number of methoxy groups -OCH3 is 1. The van der Waals surface area contributed by atoms with Crippen molar-refractivity contribution in [1.82, 2.24) is 38.3 Å². The number of hydrogen-bond acceptors (Lipinski definition) is 12. The monoisotopic (exact) mass is 1240 g/mol. The number of benzene rings is 3. The van der Waals surface area contributed by atoms with Crippen LogP contribution in [0.4, 0.5) is 4.79 Å². The fourth-order valence-electron chi connectivity index (χ4n) is 11.4. The first-order valence-electron chi connectivity index (χ1n) is 27.1. The molecule has 19 heteroatoms. The molecule has 7 aromatic rings. The zero-order chi connectivity index (χ0) is 56.2. The number of carbonyl (C=O) groups excluding carboxylic acids is 1. The molecule has 1 amide bonds. The SMILES string of the molecule is COc1ccc(CN(C[C@H]2Cc3ncccc3CN2C(=O)OC(C)(C)C)[C@H]2CCCc3cccnc32)cc1.O=S(=O)(c1ccc(Br)cc1)N1Cc2cccnc2C[C@@H]1CN([C@H]1CCCc2cccnc21)S(=O)(=O)c1ccc(Br)cc1. The van der Waals surface area contributed by atoms with Crippen molar-refractivity contribution in [3.8, 4) is 5.75 Å². The summed E-state index contributed by atoms with van der Waals surface area (Å²) in [5.41, 5.74) is 8.58. The highest BCUT2D eigenvalue weighted by molar-refractivity contribution is 9.10. The zero-order valence-corrected chi connectivity index (χ0v) is 50.2. The molecule has 15 nitrogen and oxygen atoms in total.